The van der Waals surface area contributed by atoms with Gasteiger partial charge in [-0.1, -0.05) is 29.2 Å². The van der Waals surface area contributed by atoms with Crippen molar-refractivity contribution in [3.63, 3.8) is 0 Å². The van der Waals surface area contributed by atoms with Gasteiger partial charge < -0.3 is 9.73 Å². The number of nitrogens with zero attached hydrogens (tertiary/aromatic N) is 4. The summed E-state index contributed by atoms with van der Waals surface area (Å²) in [5.74, 6) is 0.962. The fourth-order valence-corrected chi connectivity index (χ4v) is 4.40. The van der Waals surface area contributed by atoms with E-state index in [1.807, 2.05) is 17.6 Å². The fourth-order valence-electron chi connectivity index (χ4n) is 2.74. The van der Waals surface area contributed by atoms with E-state index in [0.29, 0.717) is 32.9 Å². The number of hydrogen-bond donors (Lipinski definition) is 1. The molecule has 3 heterocycles. The average Bonchev–Trinajstić information content (AvgIpc) is 3.38. The van der Waals surface area contributed by atoms with Gasteiger partial charge in [-0.3, -0.25) is 9.36 Å². The Morgan fingerprint density at radius 3 is 3.03 bits per heavy atom. The van der Waals surface area contributed by atoms with Crippen molar-refractivity contribution in [2.45, 2.75) is 18.6 Å². The monoisotopic (exact) mass is 429 g/mol. The molecule has 0 saturated carbocycles. The van der Waals surface area contributed by atoms with E-state index in [2.05, 4.69) is 27.1 Å². The number of halogens is 1. The molecule has 0 aliphatic carbocycles. The lowest BCUT2D eigenvalue weighted by Gasteiger charge is -2.07. The molecule has 7 nitrogen and oxygen atoms in total. The molecule has 0 fully saturated rings. The van der Waals surface area contributed by atoms with Gasteiger partial charge in [-0.2, -0.15) is 0 Å². The maximum Gasteiger partial charge on any atom is 0.236 e. The summed E-state index contributed by atoms with van der Waals surface area (Å²) in [6.45, 7) is 6.13. The summed E-state index contributed by atoms with van der Waals surface area (Å²) in [7, 11) is 0. The van der Waals surface area contributed by atoms with Gasteiger partial charge in [-0.15, -0.1) is 16.8 Å². The van der Waals surface area contributed by atoms with Crippen LogP contribution in [0, 0.1) is 12.7 Å². The van der Waals surface area contributed by atoms with Crippen molar-refractivity contribution in [2.24, 2.45) is 0 Å². The SMILES string of the molecule is C=CCn1c(SCC(=O)Nc2nc3ccc(F)cc3s2)nnc1-c1ccoc1C. The van der Waals surface area contributed by atoms with Gasteiger partial charge in [0.05, 0.1) is 27.8 Å². The third-order valence-corrected chi connectivity index (χ3v) is 5.96. The quantitative estimate of drug-likeness (QED) is 0.344. The van der Waals surface area contributed by atoms with Crippen molar-refractivity contribution >= 4 is 44.4 Å². The van der Waals surface area contributed by atoms with Crippen molar-refractivity contribution in [2.75, 3.05) is 11.1 Å². The second kappa shape index (κ2) is 8.18. The van der Waals surface area contributed by atoms with Crippen LogP contribution < -0.4 is 5.32 Å². The highest BCUT2D eigenvalue weighted by molar-refractivity contribution is 7.99. The first-order valence-electron chi connectivity index (χ1n) is 8.62. The van der Waals surface area contributed by atoms with Crippen LogP contribution in [0.25, 0.3) is 21.6 Å². The van der Waals surface area contributed by atoms with Crippen molar-refractivity contribution in [3.05, 3.63) is 54.8 Å². The summed E-state index contributed by atoms with van der Waals surface area (Å²) < 4.78 is 21.2. The molecule has 0 aliphatic rings. The van der Waals surface area contributed by atoms with E-state index in [1.165, 1.54) is 35.2 Å². The first kappa shape index (κ1) is 19.3. The molecule has 0 atom stereocenters. The molecular weight excluding hydrogens is 413 g/mol. The number of nitrogens with one attached hydrogen (secondary N) is 1. The molecule has 0 spiro atoms. The standard InChI is InChI=1S/C19H16FN5O2S2/c1-3-7-25-17(13-6-8-27-11(13)2)23-24-19(25)28-10-16(26)22-18-21-14-5-4-12(20)9-15(14)29-18/h3-6,8-9H,1,7,10H2,2H3,(H,21,22,26). The number of fused-ring (bicyclic) bond motifs is 1. The second-order valence-electron chi connectivity index (χ2n) is 6.06. The van der Waals surface area contributed by atoms with E-state index in [0.717, 1.165) is 11.3 Å². The maximum atomic E-state index is 13.3. The van der Waals surface area contributed by atoms with Crippen LogP contribution in [0.2, 0.25) is 0 Å². The highest BCUT2D eigenvalue weighted by atomic mass is 32.2. The van der Waals surface area contributed by atoms with Crippen LogP contribution in [-0.4, -0.2) is 31.4 Å². The van der Waals surface area contributed by atoms with Crippen molar-refractivity contribution < 1.29 is 13.6 Å². The van der Waals surface area contributed by atoms with E-state index >= 15 is 0 Å². The van der Waals surface area contributed by atoms with E-state index in [-0.39, 0.29) is 17.5 Å². The largest absolute Gasteiger partial charge is 0.469 e. The summed E-state index contributed by atoms with van der Waals surface area (Å²) >= 11 is 2.49. The van der Waals surface area contributed by atoms with E-state index in [1.54, 1.807) is 18.4 Å². The van der Waals surface area contributed by atoms with Gasteiger partial charge in [0.25, 0.3) is 0 Å². The number of rotatable bonds is 7. The van der Waals surface area contributed by atoms with Crippen LogP contribution in [0.5, 0.6) is 0 Å². The predicted octanol–water partition coefficient (Wildman–Crippen LogP) is 4.51. The number of hydrogen-bond acceptors (Lipinski definition) is 7. The molecule has 1 amide bonds. The Morgan fingerprint density at radius 1 is 1.41 bits per heavy atom. The summed E-state index contributed by atoms with van der Waals surface area (Å²) in [5.41, 5.74) is 1.49. The van der Waals surface area contributed by atoms with Crippen LogP contribution >= 0.6 is 23.1 Å². The first-order chi connectivity index (χ1) is 14.0. The number of carbonyl (C=O) groups is 1. The first-order valence-corrected chi connectivity index (χ1v) is 10.4. The summed E-state index contributed by atoms with van der Waals surface area (Å²) in [5, 5.41) is 12.2. The van der Waals surface area contributed by atoms with Crippen molar-refractivity contribution in [3.8, 4) is 11.4 Å². The molecule has 0 radical (unpaired) electrons. The van der Waals surface area contributed by atoms with Gasteiger partial charge in [-0.05, 0) is 31.2 Å². The molecule has 10 heteroatoms. The predicted molar refractivity (Wildman–Crippen MR) is 112 cm³/mol. The maximum absolute atomic E-state index is 13.3. The number of allylic oxidation sites excluding steroid dienone is 1. The molecular formula is C19H16FN5O2S2. The Hall–Kier alpha value is -2.98. The number of thioether (sulfide) groups is 1. The smallest absolute Gasteiger partial charge is 0.236 e. The average molecular weight is 430 g/mol. The minimum atomic E-state index is -0.334. The number of aromatic nitrogens is 4. The lowest BCUT2D eigenvalue weighted by atomic mass is 10.2. The third kappa shape index (κ3) is 4.08. The summed E-state index contributed by atoms with van der Waals surface area (Å²) in [6.07, 6.45) is 3.34. The van der Waals surface area contributed by atoms with Gasteiger partial charge in [0.15, 0.2) is 16.1 Å². The van der Waals surface area contributed by atoms with Crippen LogP contribution in [0.1, 0.15) is 5.76 Å². The number of furan rings is 1. The second-order valence-corrected chi connectivity index (χ2v) is 8.04. The van der Waals surface area contributed by atoms with Crippen molar-refractivity contribution in [1.82, 2.24) is 19.7 Å². The Bertz CT molecular complexity index is 1200. The van der Waals surface area contributed by atoms with Crippen LogP contribution in [-0.2, 0) is 11.3 Å². The minimum Gasteiger partial charge on any atom is -0.469 e. The third-order valence-electron chi connectivity index (χ3n) is 4.06. The summed E-state index contributed by atoms with van der Waals surface area (Å²) in [4.78, 5) is 16.7. The summed E-state index contributed by atoms with van der Waals surface area (Å²) in [6, 6.07) is 6.16. The van der Waals surface area contributed by atoms with Gasteiger partial charge in [0.2, 0.25) is 5.91 Å². The number of thiazole rings is 1. The number of benzene rings is 1. The fraction of sp³-hybridized carbons (Fsp3) is 0.158. The lowest BCUT2D eigenvalue weighted by Crippen LogP contribution is -2.14. The molecule has 0 saturated heterocycles. The number of anilines is 1. The highest BCUT2D eigenvalue weighted by Crippen LogP contribution is 2.28. The molecule has 1 aromatic carbocycles. The molecule has 0 bridgehead atoms. The van der Waals surface area contributed by atoms with Crippen molar-refractivity contribution in [1.29, 1.82) is 0 Å². The lowest BCUT2D eigenvalue weighted by molar-refractivity contribution is -0.113. The molecule has 0 unspecified atom stereocenters. The van der Waals surface area contributed by atoms with Crippen LogP contribution in [0.4, 0.5) is 9.52 Å². The Labute approximate surface area is 173 Å². The Morgan fingerprint density at radius 2 is 2.28 bits per heavy atom. The topological polar surface area (TPSA) is 85.8 Å². The van der Waals surface area contributed by atoms with E-state index in [4.69, 9.17) is 4.42 Å². The van der Waals surface area contributed by atoms with Gasteiger partial charge in [0, 0.05) is 6.54 Å². The molecule has 29 heavy (non-hydrogen) atoms. The zero-order valence-electron chi connectivity index (χ0n) is 15.4. The zero-order chi connectivity index (χ0) is 20.4. The van der Waals surface area contributed by atoms with E-state index in [9.17, 15) is 9.18 Å². The Kier molecular flexibility index (Phi) is 5.45. The normalized spacial score (nSPS) is 11.1. The highest BCUT2D eigenvalue weighted by Gasteiger charge is 2.18. The van der Waals surface area contributed by atoms with Gasteiger partial charge in [-0.25, -0.2) is 9.37 Å². The van der Waals surface area contributed by atoms with Gasteiger partial charge >= 0.3 is 0 Å². The van der Waals surface area contributed by atoms with Crippen LogP contribution in [0.3, 0.4) is 0 Å². The van der Waals surface area contributed by atoms with E-state index < -0.39 is 0 Å². The molecule has 0 aliphatic heterocycles. The molecule has 4 rings (SSSR count). The molecule has 1 N–H and O–H groups in total. The Balaban J connectivity index is 1.46. The molecule has 4 aromatic rings. The molecule has 3 aromatic heterocycles. The van der Waals surface area contributed by atoms with Crippen LogP contribution in [0.15, 0.2) is 52.8 Å². The number of aryl methyl sites for hydroxylation is 1. The molecule has 148 valence electrons. The van der Waals surface area contributed by atoms with Gasteiger partial charge in [0.1, 0.15) is 11.6 Å². The minimum absolute atomic E-state index is 0.129. The zero-order valence-corrected chi connectivity index (χ0v) is 17.0. The number of amides is 1. The number of carbonyl (C=O) groups excluding carboxylic acids is 1.